The third-order valence-corrected chi connectivity index (χ3v) is 12.6. The molecular formula is C40H33NS. The average molecular weight is 560 g/mol. The Bertz CT molecular complexity index is 1990. The molecule has 204 valence electrons. The van der Waals surface area contributed by atoms with E-state index in [4.69, 9.17) is 0 Å². The predicted octanol–water partition coefficient (Wildman–Crippen LogP) is 11.2. The lowest BCUT2D eigenvalue weighted by molar-refractivity contribution is -0.0399. The van der Waals surface area contributed by atoms with Crippen LogP contribution in [0.4, 0.5) is 17.1 Å². The lowest BCUT2D eigenvalue weighted by Gasteiger charge is -2.61. The predicted molar refractivity (Wildman–Crippen MR) is 177 cm³/mol. The Morgan fingerprint density at radius 2 is 1.14 bits per heavy atom. The summed E-state index contributed by atoms with van der Waals surface area (Å²) in [5.74, 6) is 3.51. The van der Waals surface area contributed by atoms with E-state index < -0.39 is 0 Å². The van der Waals surface area contributed by atoms with Gasteiger partial charge < -0.3 is 4.90 Å². The van der Waals surface area contributed by atoms with E-state index in [0.717, 1.165) is 23.7 Å². The summed E-state index contributed by atoms with van der Waals surface area (Å²) in [7, 11) is 0. The first kappa shape index (κ1) is 23.7. The summed E-state index contributed by atoms with van der Waals surface area (Å²) >= 11 is 1.89. The van der Waals surface area contributed by atoms with Gasteiger partial charge in [-0.3, -0.25) is 0 Å². The number of nitrogens with zero attached hydrogens (tertiary/aromatic N) is 1. The number of hydrogen-bond acceptors (Lipinski definition) is 2. The van der Waals surface area contributed by atoms with Gasteiger partial charge in [0, 0.05) is 42.6 Å². The lowest BCUT2D eigenvalue weighted by Crippen LogP contribution is -2.55. The Hall–Kier alpha value is -3.88. The molecule has 42 heavy (non-hydrogen) atoms. The molecule has 0 N–H and O–H groups in total. The van der Waals surface area contributed by atoms with Crippen LogP contribution in [-0.4, -0.2) is 0 Å². The molecule has 0 aliphatic heterocycles. The minimum absolute atomic E-state index is 0.212. The monoisotopic (exact) mass is 559 g/mol. The topological polar surface area (TPSA) is 3.24 Å². The number of benzene rings is 5. The molecule has 5 aromatic carbocycles. The normalized spacial score (nSPS) is 26.7. The third-order valence-electron chi connectivity index (χ3n) is 11.4. The fourth-order valence-corrected chi connectivity index (χ4v) is 11.2. The van der Waals surface area contributed by atoms with Gasteiger partial charge in [0.2, 0.25) is 0 Å². The molecule has 1 aromatic heterocycles. The Kier molecular flexibility index (Phi) is 4.83. The van der Waals surface area contributed by atoms with Crippen LogP contribution in [0.5, 0.6) is 0 Å². The molecule has 5 aliphatic rings. The lowest BCUT2D eigenvalue weighted by atomic mass is 9.43. The Balaban J connectivity index is 1.18. The number of rotatable bonds is 3. The highest BCUT2D eigenvalue weighted by molar-refractivity contribution is 7.25. The van der Waals surface area contributed by atoms with E-state index in [-0.39, 0.29) is 5.41 Å². The Morgan fingerprint density at radius 1 is 0.500 bits per heavy atom. The van der Waals surface area contributed by atoms with Gasteiger partial charge in [0.15, 0.2) is 0 Å². The molecule has 0 amide bonds. The zero-order chi connectivity index (χ0) is 27.4. The smallest absolute Gasteiger partial charge is 0.0468 e. The molecule has 2 heteroatoms. The Morgan fingerprint density at radius 3 is 1.98 bits per heavy atom. The number of fused-ring (bicyclic) bond motifs is 6. The first-order valence-electron chi connectivity index (χ1n) is 15.8. The molecular weight excluding hydrogens is 527 g/mol. The molecule has 6 aromatic rings. The molecule has 4 bridgehead atoms. The van der Waals surface area contributed by atoms with Crippen molar-refractivity contribution in [3.63, 3.8) is 0 Å². The van der Waals surface area contributed by atoms with Crippen molar-refractivity contribution in [1.82, 2.24) is 0 Å². The summed E-state index contributed by atoms with van der Waals surface area (Å²) in [6, 6.07) is 43.7. The van der Waals surface area contributed by atoms with Crippen LogP contribution in [0.2, 0.25) is 0 Å². The van der Waals surface area contributed by atoms with Crippen LogP contribution in [0.1, 0.15) is 43.2 Å². The molecule has 0 unspecified atom stereocenters. The maximum absolute atomic E-state index is 2.54. The standard InChI is InChI=1S/C40H33NS/c1-2-8-29(9-3-1)41(31-15-17-39-35(24-31)33-11-5-7-13-38(33)42-39)30-14-16-37-34(23-30)32-10-4-6-12-36(32)40(37)27-19-25-18-26(21-27)22-28(40)20-25/h1-17,23-28H,18-22H2. The van der Waals surface area contributed by atoms with Gasteiger partial charge in [-0.2, -0.15) is 0 Å². The van der Waals surface area contributed by atoms with Gasteiger partial charge in [-0.1, -0.05) is 66.7 Å². The van der Waals surface area contributed by atoms with Crippen molar-refractivity contribution in [2.24, 2.45) is 23.7 Å². The van der Waals surface area contributed by atoms with Crippen LogP contribution in [0, 0.1) is 23.7 Å². The second kappa shape index (κ2) is 8.58. The zero-order valence-corrected chi connectivity index (χ0v) is 24.5. The summed E-state index contributed by atoms with van der Waals surface area (Å²) in [6.07, 6.45) is 7.19. The average Bonchev–Trinajstić information content (AvgIpc) is 3.54. The van der Waals surface area contributed by atoms with E-state index in [2.05, 4.69) is 120 Å². The molecule has 4 saturated carbocycles. The van der Waals surface area contributed by atoms with E-state index in [9.17, 15) is 0 Å². The summed E-state index contributed by atoms with van der Waals surface area (Å²) in [4.78, 5) is 2.47. The highest BCUT2D eigenvalue weighted by atomic mass is 32.1. The van der Waals surface area contributed by atoms with Gasteiger partial charge in [0.1, 0.15) is 0 Å². The third kappa shape index (κ3) is 3.09. The molecule has 1 spiro atoms. The fourth-order valence-electron chi connectivity index (χ4n) is 10.2. The van der Waals surface area contributed by atoms with Gasteiger partial charge in [-0.25, -0.2) is 0 Å². The maximum Gasteiger partial charge on any atom is 0.0468 e. The van der Waals surface area contributed by atoms with Gasteiger partial charge in [0.05, 0.1) is 0 Å². The van der Waals surface area contributed by atoms with Crippen LogP contribution < -0.4 is 4.90 Å². The van der Waals surface area contributed by atoms with Crippen LogP contribution >= 0.6 is 11.3 Å². The second-order valence-electron chi connectivity index (χ2n) is 13.4. The van der Waals surface area contributed by atoms with Crippen molar-refractivity contribution in [2.45, 2.75) is 37.5 Å². The van der Waals surface area contributed by atoms with Crippen molar-refractivity contribution in [1.29, 1.82) is 0 Å². The van der Waals surface area contributed by atoms with Crippen molar-refractivity contribution >= 4 is 48.6 Å². The Labute approximate surface area is 251 Å². The van der Waals surface area contributed by atoms with E-state index in [1.807, 2.05) is 11.3 Å². The maximum atomic E-state index is 2.54. The first-order chi connectivity index (χ1) is 20.8. The zero-order valence-electron chi connectivity index (χ0n) is 23.7. The number of hydrogen-bond donors (Lipinski definition) is 0. The van der Waals surface area contributed by atoms with Crippen LogP contribution in [-0.2, 0) is 5.41 Å². The minimum Gasteiger partial charge on any atom is -0.310 e. The van der Waals surface area contributed by atoms with E-state index in [1.54, 1.807) is 11.1 Å². The summed E-state index contributed by atoms with van der Waals surface area (Å²) in [6.45, 7) is 0. The van der Waals surface area contributed by atoms with E-state index in [0.29, 0.717) is 0 Å². The molecule has 0 radical (unpaired) electrons. The number of anilines is 3. The molecule has 0 atom stereocenters. The van der Waals surface area contributed by atoms with E-state index in [1.165, 1.54) is 80.5 Å². The SMILES string of the molecule is c1ccc(N(c2ccc3c(c2)-c2ccccc2C32C3CC4CC(C3)CC2C4)c2ccc3sc4ccccc4c3c2)cc1. The van der Waals surface area contributed by atoms with Gasteiger partial charge in [-0.05, 0) is 127 Å². The number of thiophene rings is 1. The van der Waals surface area contributed by atoms with Crippen LogP contribution in [0.3, 0.4) is 0 Å². The quantitative estimate of drug-likeness (QED) is 0.208. The van der Waals surface area contributed by atoms with E-state index >= 15 is 0 Å². The van der Waals surface area contributed by atoms with Gasteiger partial charge >= 0.3 is 0 Å². The molecule has 1 heterocycles. The largest absolute Gasteiger partial charge is 0.310 e. The molecule has 5 aliphatic carbocycles. The highest BCUT2D eigenvalue weighted by Crippen LogP contribution is 2.69. The van der Waals surface area contributed by atoms with Crippen LogP contribution in [0.25, 0.3) is 31.3 Å². The molecule has 11 rings (SSSR count). The van der Waals surface area contributed by atoms with Crippen molar-refractivity contribution in [3.05, 3.63) is 126 Å². The van der Waals surface area contributed by atoms with Crippen molar-refractivity contribution in [3.8, 4) is 11.1 Å². The van der Waals surface area contributed by atoms with Crippen molar-refractivity contribution < 1.29 is 0 Å². The minimum atomic E-state index is 0.212. The molecule has 1 nitrogen and oxygen atoms in total. The fraction of sp³-hybridized carbons (Fsp3) is 0.250. The van der Waals surface area contributed by atoms with Gasteiger partial charge in [0.25, 0.3) is 0 Å². The number of para-hydroxylation sites is 1. The summed E-state index contributed by atoms with van der Waals surface area (Å²) in [5, 5.41) is 2.69. The molecule has 0 saturated heterocycles. The van der Waals surface area contributed by atoms with Gasteiger partial charge in [-0.15, -0.1) is 11.3 Å². The highest BCUT2D eigenvalue weighted by Gasteiger charge is 2.61. The summed E-state index contributed by atoms with van der Waals surface area (Å²) < 4.78 is 2.70. The molecule has 4 fully saturated rings. The second-order valence-corrected chi connectivity index (χ2v) is 14.5. The van der Waals surface area contributed by atoms with Crippen LogP contribution in [0.15, 0.2) is 115 Å². The first-order valence-corrected chi connectivity index (χ1v) is 16.6. The van der Waals surface area contributed by atoms with Crippen molar-refractivity contribution in [2.75, 3.05) is 4.90 Å². The summed E-state index contributed by atoms with van der Waals surface area (Å²) in [5.41, 5.74) is 10.1.